The normalized spacial score (nSPS) is 10.1. The first kappa shape index (κ1) is 28.0. The van der Waals surface area contributed by atoms with Crippen LogP contribution in [0.15, 0.2) is 24.3 Å². The van der Waals surface area contributed by atoms with Gasteiger partial charge in [0.05, 0.1) is 0 Å². The fourth-order valence-corrected chi connectivity index (χ4v) is 2.52. The molecule has 0 aliphatic rings. The molecule has 172 valence electrons. The molecule has 31 heavy (non-hydrogen) atoms. The highest BCUT2D eigenvalue weighted by atomic mass is 16.5. The number of rotatable bonds is 5. The van der Waals surface area contributed by atoms with Crippen LogP contribution in [0.4, 0.5) is 5.69 Å². The van der Waals surface area contributed by atoms with E-state index >= 15 is 0 Å². The van der Waals surface area contributed by atoms with Crippen molar-refractivity contribution < 1.29 is 24.5 Å². The first-order valence-electron chi connectivity index (χ1n) is 10.6. The zero-order chi connectivity index (χ0) is 24.5. The monoisotopic (exact) mass is 431 g/mol. The molecule has 6 nitrogen and oxygen atoms in total. The number of nitrogens with one attached hydrogen (secondary N) is 1. The molecule has 0 atom stereocenters. The SMILES string of the molecule is CC.CC.Cc1c(C)c(Oc2ccc(NC(=O)C(C)(C)C(=O)O)cc2)c(C)c(C)c1O. The molecule has 0 aliphatic carbocycles. The molecule has 0 saturated heterocycles. The standard InChI is InChI=1S/C21H25NO5.2C2H6/c1-11-13(3)18(14(4)12(2)17(11)23)27-16-9-7-15(8-10-16)22-19(24)21(5,6)20(25)26;2*1-2/h7-10,23H,1-6H3,(H,22,24)(H,25,26);2*1-2H3. The Hall–Kier alpha value is -3.02. The van der Waals surface area contributed by atoms with Crippen molar-refractivity contribution in [3.8, 4) is 17.2 Å². The van der Waals surface area contributed by atoms with Gasteiger partial charge in [-0.1, -0.05) is 27.7 Å². The quantitative estimate of drug-likeness (QED) is 0.468. The minimum absolute atomic E-state index is 0.274. The Labute approximate surface area is 186 Å². The van der Waals surface area contributed by atoms with Crippen molar-refractivity contribution >= 4 is 17.6 Å². The van der Waals surface area contributed by atoms with Gasteiger partial charge >= 0.3 is 5.97 Å². The first-order valence-corrected chi connectivity index (χ1v) is 10.6. The van der Waals surface area contributed by atoms with Crippen molar-refractivity contribution in [2.75, 3.05) is 5.32 Å². The van der Waals surface area contributed by atoms with Gasteiger partial charge in [0, 0.05) is 5.69 Å². The minimum atomic E-state index is -1.52. The summed E-state index contributed by atoms with van der Waals surface area (Å²) in [5.41, 5.74) is 2.21. The van der Waals surface area contributed by atoms with Crippen molar-refractivity contribution in [2.24, 2.45) is 5.41 Å². The highest BCUT2D eigenvalue weighted by molar-refractivity contribution is 6.07. The number of hydrogen-bond acceptors (Lipinski definition) is 4. The highest BCUT2D eigenvalue weighted by Gasteiger charge is 2.36. The molecule has 0 heterocycles. The van der Waals surface area contributed by atoms with Gasteiger partial charge in [-0.05, 0) is 88.1 Å². The summed E-state index contributed by atoms with van der Waals surface area (Å²) in [6, 6.07) is 6.69. The molecule has 0 bridgehead atoms. The van der Waals surface area contributed by atoms with E-state index in [0.717, 1.165) is 22.3 Å². The maximum Gasteiger partial charge on any atom is 0.318 e. The first-order chi connectivity index (χ1) is 14.5. The van der Waals surface area contributed by atoms with Crippen LogP contribution in [0, 0.1) is 33.1 Å². The molecule has 0 aromatic heterocycles. The maximum atomic E-state index is 12.1. The van der Waals surface area contributed by atoms with Crippen molar-refractivity contribution in [3.63, 3.8) is 0 Å². The molecule has 2 aromatic carbocycles. The molecule has 2 aromatic rings. The molecular formula is C25H37NO5. The lowest BCUT2D eigenvalue weighted by Crippen LogP contribution is -2.37. The summed E-state index contributed by atoms with van der Waals surface area (Å²) >= 11 is 0. The molecule has 0 fully saturated rings. The zero-order valence-electron chi connectivity index (χ0n) is 20.4. The molecule has 0 unspecified atom stereocenters. The molecule has 0 spiro atoms. The van der Waals surface area contributed by atoms with Gasteiger partial charge in [-0.15, -0.1) is 0 Å². The number of carbonyl (C=O) groups is 2. The van der Waals surface area contributed by atoms with Crippen molar-refractivity contribution in [1.82, 2.24) is 0 Å². The van der Waals surface area contributed by atoms with E-state index in [0.29, 0.717) is 17.2 Å². The Morgan fingerprint density at radius 1 is 0.839 bits per heavy atom. The fraction of sp³-hybridized carbons (Fsp3) is 0.440. The summed E-state index contributed by atoms with van der Waals surface area (Å²) in [6.07, 6.45) is 0. The predicted octanol–water partition coefficient (Wildman–Crippen LogP) is 6.52. The number of hydrogen-bond donors (Lipinski definition) is 3. The maximum absolute atomic E-state index is 12.1. The number of amides is 1. The molecule has 3 N–H and O–H groups in total. The molecular weight excluding hydrogens is 394 g/mol. The Morgan fingerprint density at radius 2 is 1.26 bits per heavy atom. The van der Waals surface area contributed by atoms with Gasteiger partial charge in [0.1, 0.15) is 22.7 Å². The Balaban J connectivity index is 0.00000212. The van der Waals surface area contributed by atoms with Crippen LogP contribution in [-0.4, -0.2) is 22.1 Å². The van der Waals surface area contributed by atoms with Crippen molar-refractivity contribution in [1.29, 1.82) is 0 Å². The molecule has 0 radical (unpaired) electrons. The Bertz CT molecular complexity index is 870. The molecule has 1 amide bonds. The molecule has 0 saturated carbocycles. The van der Waals surface area contributed by atoms with Crippen LogP contribution in [0.5, 0.6) is 17.2 Å². The number of aromatic hydroxyl groups is 1. The number of ether oxygens (including phenoxy) is 1. The fourth-order valence-electron chi connectivity index (χ4n) is 2.52. The van der Waals surface area contributed by atoms with Crippen LogP contribution in [0.1, 0.15) is 63.8 Å². The summed E-state index contributed by atoms with van der Waals surface area (Å²) < 4.78 is 6.00. The molecule has 0 aliphatic heterocycles. The Morgan fingerprint density at radius 3 is 1.65 bits per heavy atom. The third-order valence-electron chi connectivity index (χ3n) is 4.95. The van der Waals surface area contributed by atoms with Gasteiger partial charge < -0.3 is 20.3 Å². The van der Waals surface area contributed by atoms with Gasteiger partial charge in [-0.3, -0.25) is 9.59 Å². The van der Waals surface area contributed by atoms with Gasteiger partial charge in [-0.2, -0.15) is 0 Å². The highest BCUT2D eigenvalue weighted by Crippen LogP contribution is 2.38. The van der Waals surface area contributed by atoms with Crippen LogP contribution >= 0.6 is 0 Å². The zero-order valence-corrected chi connectivity index (χ0v) is 20.4. The van der Waals surface area contributed by atoms with Crippen molar-refractivity contribution in [2.45, 2.75) is 69.2 Å². The van der Waals surface area contributed by atoms with E-state index in [1.165, 1.54) is 13.8 Å². The van der Waals surface area contributed by atoms with E-state index in [-0.39, 0.29) is 5.75 Å². The second-order valence-corrected chi connectivity index (χ2v) is 7.19. The number of anilines is 1. The van der Waals surface area contributed by atoms with E-state index in [4.69, 9.17) is 9.84 Å². The van der Waals surface area contributed by atoms with Crippen LogP contribution < -0.4 is 10.1 Å². The lowest BCUT2D eigenvalue weighted by molar-refractivity contribution is -0.151. The average molecular weight is 432 g/mol. The third kappa shape index (κ3) is 6.48. The number of phenols is 1. The van der Waals surface area contributed by atoms with E-state index in [2.05, 4.69) is 5.32 Å². The predicted molar refractivity (Wildman–Crippen MR) is 126 cm³/mol. The minimum Gasteiger partial charge on any atom is -0.507 e. The van der Waals surface area contributed by atoms with Crippen LogP contribution in [0.2, 0.25) is 0 Å². The topological polar surface area (TPSA) is 95.9 Å². The summed E-state index contributed by atoms with van der Waals surface area (Å²) in [5.74, 6) is -0.256. The van der Waals surface area contributed by atoms with Gasteiger partial charge in [-0.25, -0.2) is 0 Å². The van der Waals surface area contributed by atoms with Gasteiger partial charge in [0.2, 0.25) is 5.91 Å². The lowest BCUT2D eigenvalue weighted by Gasteiger charge is -2.19. The van der Waals surface area contributed by atoms with E-state index < -0.39 is 17.3 Å². The molecule has 2 rings (SSSR count). The van der Waals surface area contributed by atoms with E-state index in [9.17, 15) is 14.7 Å². The van der Waals surface area contributed by atoms with Gasteiger partial charge in [0.15, 0.2) is 0 Å². The number of carboxylic acids is 1. The average Bonchev–Trinajstić information content (AvgIpc) is 2.77. The van der Waals surface area contributed by atoms with Crippen LogP contribution in [0.3, 0.4) is 0 Å². The number of carbonyl (C=O) groups excluding carboxylic acids is 1. The van der Waals surface area contributed by atoms with Crippen LogP contribution in [-0.2, 0) is 9.59 Å². The summed E-state index contributed by atoms with van der Waals surface area (Å²) in [6.45, 7) is 18.2. The number of aliphatic carboxylic acids is 1. The molecule has 6 heteroatoms. The largest absolute Gasteiger partial charge is 0.507 e. The Kier molecular flexibility index (Phi) is 10.8. The third-order valence-corrected chi connectivity index (χ3v) is 4.95. The lowest BCUT2D eigenvalue weighted by atomic mass is 9.92. The van der Waals surface area contributed by atoms with Crippen LogP contribution in [0.25, 0.3) is 0 Å². The summed E-state index contributed by atoms with van der Waals surface area (Å²) in [5, 5.41) is 21.9. The number of phenolic OH excluding ortho intramolecular Hbond substituents is 1. The second kappa shape index (κ2) is 12.0. The number of carboxylic acid groups (broad SMARTS) is 1. The number of benzene rings is 2. The summed E-state index contributed by atoms with van der Waals surface area (Å²) in [7, 11) is 0. The van der Waals surface area contributed by atoms with Gasteiger partial charge in [0.25, 0.3) is 0 Å². The van der Waals surface area contributed by atoms with E-state index in [1.807, 2.05) is 55.4 Å². The second-order valence-electron chi connectivity index (χ2n) is 7.19. The van der Waals surface area contributed by atoms with Crippen molar-refractivity contribution in [3.05, 3.63) is 46.5 Å². The smallest absolute Gasteiger partial charge is 0.318 e. The summed E-state index contributed by atoms with van der Waals surface area (Å²) in [4.78, 5) is 23.3. The van der Waals surface area contributed by atoms with E-state index in [1.54, 1.807) is 24.3 Å².